The third kappa shape index (κ3) is 6.11. The maximum Gasteiger partial charge on any atom is 0.149 e. The van der Waals surface area contributed by atoms with E-state index in [1.54, 1.807) is 0 Å². The average Bonchev–Trinajstić information content (AvgIpc) is 3.54. The van der Waals surface area contributed by atoms with Gasteiger partial charge in [-0.05, 0) is 118 Å². The SMILES string of the molecule is CC(C)(C)c1cc(-c2ccccn2)cc(-c2cccc3c2nc(-c2ccc4c(c2O)CCCC4)n3-c2ccc(C(C)(C)C)cc2-c2ccccc2)c1. The number of para-hydroxylation sites is 1. The van der Waals surface area contributed by atoms with Crippen molar-refractivity contribution >= 4 is 11.0 Å². The van der Waals surface area contributed by atoms with Crippen LogP contribution in [0.1, 0.15) is 76.6 Å². The van der Waals surface area contributed by atoms with Crippen LogP contribution in [0.2, 0.25) is 0 Å². The van der Waals surface area contributed by atoms with Crippen LogP contribution in [0.5, 0.6) is 5.75 Å². The van der Waals surface area contributed by atoms with Gasteiger partial charge in [-0.15, -0.1) is 0 Å². The minimum absolute atomic E-state index is 0.0325. The molecular weight excluding hydrogens is 635 g/mol. The molecule has 0 fully saturated rings. The molecule has 260 valence electrons. The standard InChI is InChI=1S/C48H47N3O/c1-47(2,3)35-23-25-42(40(30-35)31-15-8-7-9-16-31)51-43-21-14-19-37(33-27-34(41-20-12-13-26-49-41)29-36(28-33)48(4,5)6)44(43)50-46(51)39-24-22-32-17-10-11-18-38(32)45(39)52/h7-9,12-16,19-30,52H,10-11,17-18H2,1-6H3. The predicted molar refractivity (Wildman–Crippen MR) is 216 cm³/mol. The van der Waals surface area contributed by atoms with Gasteiger partial charge in [0.25, 0.3) is 0 Å². The maximum atomic E-state index is 12.0. The zero-order valence-corrected chi connectivity index (χ0v) is 31.2. The first-order valence-electron chi connectivity index (χ1n) is 18.6. The highest BCUT2D eigenvalue weighted by Gasteiger charge is 2.26. The number of rotatable bonds is 5. The molecule has 4 heteroatoms. The molecule has 5 aromatic carbocycles. The van der Waals surface area contributed by atoms with Crippen LogP contribution >= 0.6 is 0 Å². The number of benzene rings is 5. The zero-order valence-electron chi connectivity index (χ0n) is 31.2. The fraction of sp³-hybridized carbons (Fsp3) is 0.250. The fourth-order valence-corrected chi connectivity index (χ4v) is 7.69. The molecule has 0 spiro atoms. The van der Waals surface area contributed by atoms with Gasteiger partial charge >= 0.3 is 0 Å². The van der Waals surface area contributed by atoms with Crippen LogP contribution in [0, 0.1) is 0 Å². The second-order valence-corrected chi connectivity index (χ2v) is 16.4. The summed E-state index contributed by atoms with van der Waals surface area (Å²) in [5.74, 6) is 1.10. The molecule has 4 nitrogen and oxygen atoms in total. The van der Waals surface area contributed by atoms with E-state index in [0.717, 1.165) is 92.9 Å². The van der Waals surface area contributed by atoms with Crippen LogP contribution in [0.4, 0.5) is 0 Å². The number of imidazole rings is 1. The lowest BCUT2D eigenvalue weighted by Crippen LogP contribution is -2.12. The molecule has 7 aromatic rings. The van der Waals surface area contributed by atoms with Gasteiger partial charge in [0.05, 0.1) is 28.0 Å². The number of aromatic hydroxyl groups is 1. The number of nitrogens with zero attached hydrogens (tertiary/aromatic N) is 3. The number of hydrogen-bond donors (Lipinski definition) is 1. The Hall–Kier alpha value is -5.48. The number of pyridine rings is 1. The maximum absolute atomic E-state index is 12.0. The van der Waals surface area contributed by atoms with Crippen LogP contribution in [0.25, 0.3) is 61.6 Å². The molecule has 0 saturated carbocycles. The van der Waals surface area contributed by atoms with Crippen molar-refractivity contribution in [3.63, 3.8) is 0 Å². The van der Waals surface area contributed by atoms with Crippen LogP contribution in [0.15, 0.2) is 121 Å². The first kappa shape index (κ1) is 33.7. The number of phenolic OH excluding ortho intramolecular Hbond substituents is 1. The number of phenols is 1. The molecule has 1 N–H and O–H groups in total. The highest BCUT2D eigenvalue weighted by atomic mass is 16.3. The topological polar surface area (TPSA) is 50.9 Å². The van der Waals surface area contributed by atoms with Gasteiger partial charge in [-0.3, -0.25) is 9.55 Å². The fourth-order valence-electron chi connectivity index (χ4n) is 7.69. The van der Waals surface area contributed by atoms with Crippen LogP contribution < -0.4 is 0 Å². The molecule has 8 rings (SSSR count). The van der Waals surface area contributed by atoms with Gasteiger partial charge < -0.3 is 5.11 Å². The molecular formula is C48H47N3O. The second kappa shape index (κ2) is 12.9. The highest BCUT2D eigenvalue weighted by Crippen LogP contribution is 2.44. The van der Waals surface area contributed by atoms with E-state index in [9.17, 15) is 5.11 Å². The molecule has 2 heterocycles. The van der Waals surface area contributed by atoms with E-state index in [4.69, 9.17) is 9.97 Å². The van der Waals surface area contributed by atoms with E-state index in [0.29, 0.717) is 5.75 Å². The van der Waals surface area contributed by atoms with Crippen LogP contribution in [0.3, 0.4) is 0 Å². The van der Waals surface area contributed by atoms with Crippen LogP contribution in [-0.2, 0) is 23.7 Å². The summed E-state index contributed by atoms with van der Waals surface area (Å²) in [5.41, 5.74) is 14.8. The summed E-state index contributed by atoms with van der Waals surface area (Å²) in [6.07, 6.45) is 5.97. The predicted octanol–water partition coefficient (Wildman–Crippen LogP) is 12.3. The monoisotopic (exact) mass is 681 g/mol. The molecule has 1 aliphatic carbocycles. The van der Waals surface area contributed by atoms with Gasteiger partial charge in [-0.2, -0.15) is 0 Å². The zero-order chi connectivity index (χ0) is 36.2. The molecule has 52 heavy (non-hydrogen) atoms. The lowest BCUT2D eigenvalue weighted by Gasteiger charge is -2.23. The van der Waals surface area contributed by atoms with E-state index < -0.39 is 0 Å². The summed E-state index contributed by atoms with van der Waals surface area (Å²) in [4.78, 5) is 10.3. The summed E-state index contributed by atoms with van der Waals surface area (Å²) in [5, 5.41) is 12.0. The molecule has 0 amide bonds. The first-order valence-corrected chi connectivity index (χ1v) is 18.6. The Kier molecular flexibility index (Phi) is 8.37. The van der Waals surface area contributed by atoms with Crippen molar-refractivity contribution in [1.29, 1.82) is 0 Å². The number of aromatic nitrogens is 3. The van der Waals surface area contributed by atoms with Gasteiger partial charge in [0.2, 0.25) is 0 Å². The van der Waals surface area contributed by atoms with Crippen molar-refractivity contribution in [2.45, 2.75) is 78.1 Å². The van der Waals surface area contributed by atoms with E-state index in [2.05, 4.69) is 149 Å². The van der Waals surface area contributed by atoms with Crippen molar-refractivity contribution < 1.29 is 5.11 Å². The number of hydrogen-bond acceptors (Lipinski definition) is 3. The van der Waals surface area contributed by atoms with Crippen molar-refractivity contribution in [3.8, 4) is 56.3 Å². The van der Waals surface area contributed by atoms with E-state index in [1.807, 2.05) is 18.3 Å². The Labute approximate surface area is 307 Å². The van der Waals surface area contributed by atoms with Crippen LogP contribution in [-0.4, -0.2) is 19.6 Å². The Morgan fingerprint density at radius 3 is 2.10 bits per heavy atom. The minimum atomic E-state index is -0.0771. The van der Waals surface area contributed by atoms with Crippen molar-refractivity contribution in [2.75, 3.05) is 0 Å². The van der Waals surface area contributed by atoms with E-state index in [-0.39, 0.29) is 10.8 Å². The molecule has 2 aromatic heterocycles. The molecule has 0 radical (unpaired) electrons. The van der Waals surface area contributed by atoms with Gasteiger partial charge in [-0.1, -0.05) is 108 Å². The third-order valence-electron chi connectivity index (χ3n) is 10.7. The van der Waals surface area contributed by atoms with Gasteiger partial charge in [0.1, 0.15) is 11.6 Å². The second-order valence-electron chi connectivity index (χ2n) is 16.4. The molecule has 0 bridgehead atoms. The lowest BCUT2D eigenvalue weighted by molar-refractivity contribution is 0.463. The highest BCUT2D eigenvalue weighted by molar-refractivity contribution is 5.97. The summed E-state index contributed by atoms with van der Waals surface area (Å²) in [7, 11) is 0. The van der Waals surface area contributed by atoms with Gasteiger partial charge in [-0.25, -0.2) is 4.98 Å². The minimum Gasteiger partial charge on any atom is -0.507 e. The summed E-state index contributed by atoms with van der Waals surface area (Å²) < 4.78 is 2.28. The third-order valence-corrected chi connectivity index (χ3v) is 10.7. The van der Waals surface area contributed by atoms with E-state index in [1.165, 1.54) is 16.7 Å². The smallest absolute Gasteiger partial charge is 0.149 e. The lowest BCUT2D eigenvalue weighted by atomic mass is 9.83. The molecule has 0 atom stereocenters. The van der Waals surface area contributed by atoms with Crippen molar-refractivity contribution in [2.24, 2.45) is 0 Å². The Bertz CT molecular complexity index is 2430. The normalized spacial score (nSPS) is 13.3. The Morgan fingerprint density at radius 1 is 0.596 bits per heavy atom. The van der Waals surface area contributed by atoms with Gasteiger partial charge in [0, 0.05) is 22.9 Å². The van der Waals surface area contributed by atoms with Crippen molar-refractivity contribution in [1.82, 2.24) is 14.5 Å². The number of fused-ring (bicyclic) bond motifs is 2. The summed E-state index contributed by atoms with van der Waals surface area (Å²) in [6, 6.07) is 41.2. The number of aryl methyl sites for hydroxylation is 1. The summed E-state index contributed by atoms with van der Waals surface area (Å²) >= 11 is 0. The molecule has 1 aliphatic rings. The molecule has 0 unspecified atom stereocenters. The molecule has 0 saturated heterocycles. The quantitative estimate of drug-likeness (QED) is 0.197. The summed E-state index contributed by atoms with van der Waals surface area (Å²) in [6.45, 7) is 13.6. The Morgan fingerprint density at radius 2 is 1.35 bits per heavy atom. The van der Waals surface area contributed by atoms with Gasteiger partial charge in [0.15, 0.2) is 0 Å². The Balaban J connectivity index is 1.45. The first-order chi connectivity index (χ1) is 25.0. The van der Waals surface area contributed by atoms with E-state index >= 15 is 0 Å². The average molecular weight is 682 g/mol. The van der Waals surface area contributed by atoms with Crippen molar-refractivity contribution in [3.05, 3.63) is 144 Å². The largest absolute Gasteiger partial charge is 0.507 e. The molecule has 0 aliphatic heterocycles.